The molecule has 0 bridgehead atoms. The highest BCUT2D eigenvalue weighted by Gasteiger charge is 2.33. The lowest BCUT2D eigenvalue weighted by atomic mass is 9.94. The molecule has 0 unspecified atom stereocenters. The van der Waals surface area contributed by atoms with Crippen molar-refractivity contribution in [3.63, 3.8) is 0 Å². The minimum Gasteiger partial charge on any atom is -0.493 e. The minimum atomic E-state index is -0.124. The van der Waals surface area contributed by atoms with Gasteiger partial charge in [-0.3, -0.25) is 4.79 Å². The summed E-state index contributed by atoms with van der Waals surface area (Å²) in [7, 11) is 1.64. The Morgan fingerprint density at radius 1 is 1.40 bits per heavy atom. The summed E-state index contributed by atoms with van der Waals surface area (Å²) < 4.78 is 13.3. The fourth-order valence-electron chi connectivity index (χ4n) is 3.86. The fraction of sp³-hybridized carbons (Fsp3) is 0.474. The highest BCUT2D eigenvalue weighted by molar-refractivity contribution is 5.80. The zero-order valence-corrected chi connectivity index (χ0v) is 14.4. The molecule has 132 valence electrons. The average Bonchev–Trinajstić information content (AvgIpc) is 3.21. The normalized spacial score (nSPS) is 22.8. The van der Waals surface area contributed by atoms with E-state index in [1.165, 1.54) is 0 Å². The third-order valence-corrected chi connectivity index (χ3v) is 5.18. The zero-order chi connectivity index (χ0) is 17.2. The summed E-state index contributed by atoms with van der Waals surface area (Å²) in [6, 6.07) is 6.17. The third-order valence-electron chi connectivity index (χ3n) is 5.18. The Bertz CT molecular complexity index is 744. The number of para-hydroxylation sites is 1. The first-order valence-electron chi connectivity index (χ1n) is 8.81. The number of carbonyl (C=O) groups is 1. The zero-order valence-electron chi connectivity index (χ0n) is 14.4. The molecule has 2 atom stereocenters. The smallest absolute Gasteiger partial charge is 0.229 e. The number of methoxy groups -OCH3 is 1. The Morgan fingerprint density at radius 3 is 3.12 bits per heavy atom. The van der Waals surface area contributed by atoms with Crippen molar-refractivity contribution in [2.75, 3.05) is 26.8 Å². The van der Waals surface area contributed by atoms with Crippen LogP contribution in [-0.4, -0.2) is 47.2 Å². The lowest BCUT2D eigenvalue weighted by Gasteiger charge is -2.36. The van der Waals surface area contributed by atoms with Crippen LogP contribution in [0.1, 0.15) is 24.4 Å². The Labute approximate surface area is 147 Å². The molecular weight excluding hydrogens is 318 g/mol. The van der Waals surface area contributed by atoms with Gasteiger partial charge in [0.2, 0.25) is 5.91 Å². The predicted molar refractivity (Wildman–Crippen MR) is 92.8 cm³/mol. The highest BCUT2D eigenvalue weighted by atomic mass is 16.5. The van der Waals surface area contributed by atoms with Crippen LogP contribution in [0.3, 0.4) is 0 Å². The van der Waals surface area contributed by atoms with Crippen molar-refractivity contribution in [3.05, 3.63) is 42.5 Å². The number of fused-ring (bicyclic) bond motifs is 1. The van der Waals surface area contributed by atoms with E-state index in [-0.39, 0.29) is 11.8 Å². The Kier molecular flexibility index (Phi) is 4.34. The van der Waals surface area contributed by atoms with Crippen molar-refractivity contribution in [3.8, 4) is 11.5 Å². The summed E-state index contributed by atoms with van der Waals surface area (Å²) in [6.45, 7) is 1.99. The summed E-state index contributed by atoms with van der Waals surface area (Å²) in [5, 5.41) is 0. The van der Waals surface area contributed by atoms with Crippen LogP contribution in [0.25, 0.3) is 0 Å². The molecule has 0 spiro atoms. The van der Waals surface area contributed by atoms with Crippen LogP contribution >= 0.6 is 0 Å². The van der Waals surface area contributed by atoms with E-state index >= 15 is 0 Å². The van der Waals surface area contributed by atoms with Crippen molar-refractivity contribution >= 4 is 5.91 Å². The van der Waals surface area contributed by atoms with E-state index in [1.807, 2.05) is 35.6 Å². The van der Waals surface area contributed by atoms with E-state index in [9.17, 15) is 4.79 Å². The van der Waals surface area contributed by atoms with Gasteiger partial charge in [0.25, 0.3) is 0 Å². The molecule has 1 amide bonds. The first kappa shape index (κ1) is 16.0. The monoisotopic (exact) mass is 341 g/mol. The van der Waals surface area contributed by atoms with Crippen LogP contribution < -0.4 is 9.47 Å². The lowest BCUT2D eigenvalue weighted by molar-refractivity contribution is -0.138. The van der Waals surface area contributed by atoms with E-state index < -0.39 is 0 Å². The molecule has 0 radical (unpaired) electrons. The molecule has 1 fully saturated rings. The molecule has 4 rings (SSSR count). The molecule has 1 saturated heterocycles. The fourth-order valence-corrected chi connectivity index (χ4v) is 3.86. The topological polar surface area (TPSA) is 56.6 Å². The molecule has 3 heterocycles. The SMILES string of the molecule is COc1cccc2c1OC[C@H](C(=O)N1CCC[C@H](n3ccnc3)C1)C2. The van der Waals surface area contributed by atoms with E-state index in [1.54, 1.807) is 13.3 Å². The second-order valence-electron chi connectivity index (χ2n) is 6.75. The molecule has 25 heavy (non-hydrogen) atoms. The molecule has 0 N–H and O–H groups in total. The number of benzene rings is 1. The van der Waals surface area contributed by atoms with Crippen LogP contribution in [0.15, 0.2) is 36.9 Å². The summed E-state index contributed by atoms with van der Waals surface area (Å²) in [5.41, 5.74) is 1.05. The van der Waals surface area contributed by atoms with Gasteiger partial charge in [-0.25, -0.2) is 4.98 Å². The number of hydrogen-bond donors (Lipinski definition) is 0. The number of aromatic nitrogens is 2. The number of nitrogens with zero attached hydrogens (tertiary/aromatic N) is 3. The van der Waals surface area contributed by atoms with Crippen LogP contribution in [0.5, 0.6) is 11.5 Å². The molecular formula is C19H23N3O3. The third kappa shape index (κ3) is 3.08. The van der Waals surface area contributed by atoms with E-state index in [0.29, 0.717) is 19.1 Å². The summed E-state index contributed by atoms with van der Waals surface area (Å²) in [6.07, 6.45) is 8.42. The van der Waals surface area contributed by atoms with Gasteiger partial charge >= 0.3 is 0 Å². The van der Waals surface area contributed by atoms with Crippen LogP contribution in [0, 0.1) is 5.92 Å². The molecule has 6 heteroatoms. The molecule has 2 aliphatic heterocycles. The van der Waals surface area contributed by atoms with Crippen LogP contribution in [0.2, 0.25) is 0 Å². The van der Waals surface area contributed by atoms with Crippen LogP contribution in [0.4, 0.5) is 0 Å². The maximum absolute atomic E-state index is 13.0. The van der Waals surface area contributed by atoms with Crippen molar-refractivity contribution in [1.29, 1.82) is 0 Å². The minimum absolute atomic E-state index is 0.124. The van der Waals surface area contributed by atoms with Gasteiger partial charge in [0.1, 0.15) is 6.61 Å². The largest absolute Gasteiger partial charge is 0.493 e. The molecule has 6 nitrogen and oxygen atoms in total. The lowest BCUT2D eigenvalue weighted by Crippen LogP contribution is -2.46. The molecule has 1 aromatic carbocycles. The van der Waals surface area contributed by atoms with Gasteiger partial charge in [-0.05, 0) is 30.9 Å². The van der Waals surface area contributed by atoms with Crippen molar-refractivity contribution in [2.45, 2.75) is 25.3 Å². The molecule has 0 aliphatic carbocycles. The Balaban J connectivity index is 1.46. The molecule has 0 saturated carbocycles. The quantitative estimate of drug-likeness (QED) is 0.860. The van der Waals surface area contributed by atoms with E-state index in [4.69, 9.17) is 9.47 Å². The van der Waals surface area contributed by atoms with Gasteiger partial charge in [-0.2, -0.15) is 0 Å². The van der Waals surface area contributed by atoms with Gasteiger partial charge < -0.3 is 18.9 Å². The van der Waals surface area contributed by atoms with Gasteiger partial charge in [0, 0.05) is 25.5 Å². The first-order chi connectivity index (χ1) is 12.3. The summed E-state index contributed by atoms with van der Waals surface area (Å²) in [5.74, 6) is 1.59. The molecule has 1 aromatic heterocycles. The first-order valence-corrected chi connectivity index (χ1v) is 8.81. The Morgan fingerprint density at radius 2 is 2.32 bits per heavy atom. The standard InChI is InChI=1S/C19H23N3O3/c1-24-17-6-2-4-14-10-15(12-25-18(14)17)19(23)21-8-3-5-16(11-21)22-9-7-20-13-22/h2,4,6-7,9,13,15-16H,3,5,8,10-12H2,1H3/t15-,16+/m1/s1. The van der Waals surface area contributed by atoms with Gasteiger partial charge in [0.15, 0.2) is 11.5 Å². The number of piperidine rings is 1. The van der Waals surface area contributed by atoms with E-state index in [2.05, 4.69) is 9.55 Å². The number of ether oxygens (including phenoxy) is 2. The number of hydrogen-bond acceptors (Lipinski definition) is 4. The number of imidazole rings is 1. The Hall–Kier alpha value is -2.50. The maximum atomic E-state index is 13.0. The second-order valence-corrected chi connectivity index (χ2v) is 6.75. The van der Waals surface area contributed by atoms with Crippen molar-refractivity contribution in [1.82, 2.24) is 14.5 Å². The number of rotatable bonds is 3. The van der Waals surface area contributed by atoms with E-state index in [0.717, 1.165) is 43.0 Å². The van der Waals surface area contributed by atoms with Gasteiger partial charge in [-0.15, -0.1) is 0 Å². The average molecular weight is 341 g/mol. The number of amides is 1. The summed E-state index contributed by atoms with van der Waals surface area (Å²) >= 11 is 0. The van der Waals surface area contributed by atoms with Gasteiger partial charge in [0.05, 0.1) is 25.4 Å². The van der Waals surface area contributed by atoms with Gasteiger partial charge in [-0.1, -0.05) is 12.1 Å². The highest BCUT2D eigenvalue weighted by Crippen LogP contribution is 2.36. The molecule has 2 aromatic rings. The van der Waals surface area contributed by atoms with Crippen molar-refractivity contribution < 1.29 is 14.3 Å². The molecule has 2 aliphatic rings. The van der Waals surface area contributed by atoms with Crippen LogP contribution in [-0.2, 0) is 11.2 Å². The maximum Gasteiger partial charge on any atom is 0.229 e. The second kappa shape index (κ2) is 6.78. The van der Waals surface area contributed by atoms with Crippen molar-refractivity contribution in [2.24, 2.45) is 5.92 Å². The number of carbonyl (C=O) groups excluding carboxylic acids is 1. The number of likely N-dealkylation sites (tertiary alicyclic amines) is 1. The summed E-state index contributed by atoms with van der Waals surface area (Å²) in [4.78, 5) is 19.1. The predicted octanol–water partition coefficient (Wildman–Crippen LogP) is 2.31.